The molecule has 1 atom stereocenters. The van der Waals surface area contributed by atoms with E-state index in [9.17, 15) is 14.7 Å². The molecule has 0 aliphatic rings. The van der Waals surface area contributed by atoms with Crippen LogP contribution in [0.1, 0.15) is 30.1 Å². The fourth-order valence-corrected chi connectivity index (χ4v) is 2.14. The molecule has 0 saturated heterocycles. The number of carbonyl (C=O) groups is 2. The van der Waals surface area contributed by atoms with Crippen molar-refractivity contribution in [2.75, 3.05) is 11.9 Å². The molecule has 7 heteroatoms. The van der Waals surface area contributed by atoms with Crippen molar-refractivity contribution in [1.29, 1.82) is 0 Å². The van der Waals surface area contributed by atoms with Crippen LogP contribution in [0.25, 0.3) is 0 Å². The Kier molecular flexibility index (Phi) is 5.60. The lowest BCUT2D eigenvalue weighted by molar-refractivity contribution is 0.0698. The number of aliphatic hydroxyl groups excluding tert-OH is 1. The van der Waals surface area contributed by atoms with Crippen LogP contribution in [0, 0.1) is 0 Å². The van der Waals surface area contributed by atoms with Gasteiger partial charge in [0.2, 0.25) is 0 Å². The zero-order valence-corrected chi connectivity index (χ0v) is 10.8. The minimum absolute atomic E-state index is 0.0595. The van der Waals surface area contributed by atoms with Crippen LogP contribution in [0.4, 0.5) is 9.80 Å². The number of hydrogen-bond acceptors (Lipinski definition) is 4. The number of aliphatic hydroxyl groups is 1. The minimum atomic E-state index is -1.09. The molecule has 0 bridgehead atoms. The van der Waals surface area contributed by atoms with Crippen molar-refractivity contribution in [3.63, 3.8) is 0 Å². The Morgan fingerprint density at radius 1 is 1.50 bits per heavy atom. The maximum absolute atomic E-state index is 11.5. The first kappa shape index (κ1) is 14.5. The second-order valence-electron chi connectivity index (χ2n) is 3.75. The molecule has 0 saturated carbocycles. The number of thiophene rings is 1. The molecule has 4 N–H and O–H groups in total. The van der Waals surface area contributed by atoms with Crippen molar-refractivity contribution < 1.29 is 19.8 Å². The molecule has 18 heavy (non-hydrogen) atoms. The SMILES string of the molecule is CCCC(O)CNC(=O)Nc1sccc1C(=O)O. The van der Waals surface area contributed by atoms with Crippen LogP contribution >= 0.6 is 11.3 Å². The summed E-state index contributed by atoms with van der Waals surface area (Å²) in [6.07, 6.45) is 0.862. The molecule has 0 aromatic carbocycles. The van der Waals surface area contributed by atoms with Gasteiger partial charge in [-0.1, -0.05) is 13.3 Å². The van der Waals surface area contributed by atoms with Gasteiger partial charge in [0, 0.05) is 6.54 Å². The van der Waals surface area contributed by atoms with Gasteiger partial charge < -0.3 is 15.5 Å². The van der Waals surface area contributed by atoms with Gasteiger partial charge in [0.1, 0.15) is 5.00 Å². The van der Waals surface area contributed by atoms with Crippen LogP contribution in [0.3, 0.4) is 0 Å². The summed E-state index contributed by atoms with van der Waals surface area (Å²) in [4.78, 5) is 22.3. The Bertz CT molecular complexity index is 419. The highest BCUT2D eigenvalue weighted by Crippen LogP contribution is 2.22. The number of hydrogen-bond donors (Lipinski definition) is 4. The first-order valence-electron chi connectivity index (χ1n) is 5.58. The molecule has 1 heterocycles. The quantitative estimate of drug-likeness (QED) is 0.633. The van der Waals surface area contributed by atoms with E-state index in [2.05, 4.69) is 10.6 Å². The third-order valence-electron chi connectivity index (χ3n) is 2.24. The van der Waals surface area contributed by atoms with E-state index in [4.69, 9.17) is 5.11 Å². The van der Waals surface area contributed by atoms with E-state index in [0.29, 0.717) is 6.42 Å². The van der Waals surface area contributed by atoms with Crippen LogP contribution < -0.4 is 10.6 Å². The first-order valence-corrected chi connectivity index (χ1v) is 6.46. The highest BCUT2D eigenvalue weighted by atomic mass is 32.1. The van der Waals surface area contributed by atoms with Gasteiger partial charge in [-0.2, -0.15) is 0 Å². The fraction of sp³-hybridized carbons (Fsp3) is 0.455. The highest BCUT2D eigenvalue weighted by molar-refractivity contribution is 7.14. The van der Waals surface area contributed by atoms with Crippen LogP contribution in [0.2, 0.25) is 0 Å². The van der Waals surface area contributed by atoms with Crippen LogP contribution in [0.15, 0.2) is 11.4 Å². The van der Waals surface area contributed by atoms with Gasteiger partial charge >= 0.3 is 12.0 Å². The summed E-state index contributed by atoms with van der Waals surface area (Å²) < 4.78 is 0. The Balaban J connectivity index is 2.45. The topological polar surface area (TPSA) is 98.7 Å². The molecule has 6 nitrogen and oxygen atoms in total. The molecular weight excluding hydrogens is 256 g/mol. The lowest BCUT2D eigenvalue weighted by atomic mass is 10.2. The van der Waals surface area contributed by atoms with Crippen molar-refractivity contribution in [2.45, 2.75) is 25.9 Å². The lowest BCUT2D eigenvalue weighted by Crippen LogP contribution is -2.35. The molecule has 0 aliphatic heterocycles. The summed E-state index contributed by atoms with van der Waals surface area (Å²) in [5.74, 6) is -1.09. The number of carboxylic acids is 1. The highest BCUT2D eigenvalue weighted by Gasteiger charge is 2.14. The summed E-state index contributed by atoms with van der Waals surface area (Å²) in [5, 5.41) is 25.1. The molecule has 1 rings (SSSR count). The maximum Gasteiger partial charge on any atom is 0.338 e. The van der Waals surface area contributed by atoms with Crippen LogP contribution in [0.5, 0.6) is 0 Å². The molecule has 0 radical (unpaired) electrons. The zero-order valence-electron chi connectivity index (χ0n) is 9.97. The van der Waals surface area contributed by atoms with E-state index >= 15 is 0 Å². The molecule has 2 amide bonds. The summed E-state index contributed by atoms with van der Waals surface area (Å²) >= 11 is 1.14. The largest absolute Gasteiger partial charge is 0.478 e. The van der Waals surface area contributed by atoms with Crippen molar-refractivity contribution in [3.05, 3.63) is 17.0 Å². The number of nitrogens with one attached hydrogen (secondary N) is 2. The lowest BCUT2D eigenvalue weighted by Gasteiger charge is -2.11. The van der Waals surface area contributed by atoms with Crippen molar-refractivity contribution >= 4 is 28.3 Å². The van der Waals surface area contributed by atoms with Crippen molar-refractivity contribution in [2.24, 2.45) is 0 Å². The molecule has 1 aromatic rings. The number of urea groups is 1. The predicted molar refractivity (Wildman–Crippen MR) is 69.2 cm³/mol. The smallest absolute Gasteiger partial charge is 0.338 e. The summed E-state index contributed by atoms with van der Waals surface area (Å²) in [6, 6.07) is 0.907. The first-order chi connectivity index (χ1) is 8.54. The van der Waals surface area contributed by atoms with Crippen molar-refractivity contribution in [1.82, 2.24) is 5.32 Å². The number of anilines is 1. The van der Waals surface area contributed by atoms with E-state index < -0.39 is 18.1 Å². The van der Waals surface area contributed by atoms with Gasteiger partial charge in [0.25, 0.3) is 0 Å². The monoisotopic (exact) mass is 272 g/mol. The van der Waals surface area contributed by atoms with E-state index in [1.54, 1.807) is 5.38 Å². The Hall–Kier alpha value is -1.60. The summed E-state index contributed by atoms with van der Waals surface area (Å²) in [5.41, 5.74) is 0.0595. The summed E-state index contributed by atoms with van der Waals surface area (Å²) in [6.45, 7) is 2.08. The number of aromatic carboxylic acids is 1. The van der Waals surface area contributed by atoms with E-state index in [-0.39, 0.29) is 17.1 Å². The van der Waals surface area contributed by atoms with Gasteiger partial charge in [-0.05, 0) is 17.9 Å². The number of amides is 2. The average molecular weight is 272 g/mol. The standard InChI is InChI=1S/C11H16N2O4S/c1-2-3-7(14)6-12-11(17)13-9-8(10(15)16)4-5-18-9/h4-5,7,14H,2-3,6H2,1H3,(H,15,16)(H2,12,13,17). The van der Waals surface area contributed by atoms with Gasteiger partial charge in [-0.3, -0.25) is 5.32 Å². The van der Waals surface area contributed by atoms with E-state index in [1.165, 1.54) is 6.07 Å². The second kappa shape index (κ2) is 6.97. The average Bonchev–Trinajstić information content (AvgIpc) is 2.75. The van der Waals surface area contributed by atoms with E-state index in [0.717, 1.165) is 17.8 Å². The maximum atomic E-state index is 11.5. The Labute approximate surface area is 109 Å². The zero-order chi connectivity index (χ0) is 13.5. The molecule has 0 fully saturated rings. The molecule has 0 aliphatic carbocycles. The molecular formula is C11H16N2O4S. The second-order valence-corrected chi connectivity index (χ2v) is 4.66. The third kappa shape index (κ3) is 4.34. The Morgan fingerprint density at radius 3 is 2.83 bits per heavy atom. The fourth-order valence-electron chi connectivity index (χ4n) is 1.37. The predicted octanol–water partition coefficient (Wildman–Crippen LogP) is 1.73. The van der Waals surface area contributed by atoms with Gasteiger partial charge in [-0.25, -0.2) is 9.59 Å². The minimum Gasteiger partial charge on any atom is -0.478 e. The Morgan fingerprint density at radius 2 is 2.22 bits per heavy atom. The van der Waals surface area contributed by atoms with Gasteiger partial charge in [0.05, 0.1) is 11.7 Å². The number of carbonyl (C=O) groups excluding carboxylic acids is 1. The summed E-state index contributed by atoms with van der Waals surface area (Å²) in [7, 11) is 0. The number of rotatable bonds is 6. The van der Waals surface area contributed by atoms with Gasteiger partial charge in [0.15, 0.2) is 0 Å². The molecule has 0 spiro atoms. The number of carboxylic acid groups (broad SMARTS) is 1. The van der Waals surface area contributed by atoms with Gasteiger partial charge in [-0.15, -0.1) is 11.3 Å². The van der Waals surface area contributed by atoms with Crippen LogP contribution in [-0.4, -0.2) is 34.9 Å². The van der Waals surface area contributed by atoms with E-state index in [1.807, 2.05) is 6.92 Å². The molecule has 100 valence electrons. The normalized spacial score (nSPS) is 11.9. The van der Waals surface area contributed by atoms with Crippen molar-refractivity contribution in [3.8, 4) is 0 Å². The van der Waals surface area contributed by atoms with Crippen LogP contribution in [-0.2, 0) is 0 Å². The molecule has 1 aromatic heterocycles. The molecule has 1 unspecified atom stereocenters. The third-order valence-corrected chi connectivity index (χ3v) is 3.07.